The molecule has 1 aliphatic heterocycles. The van der Waals surface area contributed by atoms with Crippen molar-refractivity contribution in [2.24, 2.45) is 5.73 Å². The quantitative estimate of drug-likeness (QED) is 0.919. The normalized spacial score (nSPS) is 19.7. The number of nitrogens with zero attached hydrogens (tertiary/aromatic N) is 1. The molecule has 0 bridgehead atoms. The first-order valence-electron chi connectivity index (χ1n) is 5.74. The molecule has 1 fully saturated rings. The minimum absolute atomic E-state index is 0.0418. The van der Waals surface area contributed by atoms with Crippen molar-refractivity contribution >= 4 is 6.09 Å². The van der Waals surface area contributed by atoms with Gasteiger partial charge in [-0.05, 0) is 17.7 Å². The fourth-order valence-corrected chi connectivity index (χ4v) is 2.03. The monoisotopic (exact) mass is 274 g/mol. The maximum Gasteiger partial charge on any atom is 0.416 e. The Hall–Kier alpha value is -1.76. The molecule has 1 heterocycles. The molecule has 0 spiro atoms. The topological polar surface area (TPSA) is 55.6 Å². The summed E-state index contributed by atoms with van der Waals surface area (Å²) in [4.78, 5) is 12.8. The molecular formula is C12H13F3N2O2. The van der Waals surface area contributed by atoms with Crippen molar-refractivity contribution in [1.82, 2.24) is 4.90 Å². The summed E-state index contributed by atoms with van der Waals surface area (Å²) in [6, 6.07) is 4.38. The molecule has 1 atom stereocenters. The van der Waals surface area contributed by atoms with Crippen LogP contribution in [0, 0.1) is 0 Å². The van der Waals surface area contributed by atoms with Crippen LogP contribution in [0.2, 0.25) is 0 Å². The van der Waals surface area contributed by atoms with Gasteiger partial charge in [0, 0.05) is 13.1 Å². The highest BCUT2D eigenvalue weighted by molar-refractivity contribution is 5.70. The Balaban J connectivity index is 2.29. The Morgan fingerprint density at radius 1 is 1.42 bits per heavy atom. The molecule has 1 aromatic carbocycles. The lowest BCUT2D eigenvalue weighted by Crippen LogP contribution is -2.32. The van der Waals surface area contributed by atoms with E-state index in [0.717, 1.165) is 12.1 Å². The van der Waals surface area contributed by atoms with Crippen LogP contribution in [0.5, 0.6) is 0 Å². The summed E-state index contributed by atoms with van der Waals surface area (Å²) in [6.07, 6.45) is -4.95. The third-order valence-corrected chi connectivity index (χ3v) is 2.94. The van der Waals surface area contributed by atoms with Gasteiger partial charge in [-0.1, -0.05) is 12.1 Å². The molecule has 0 aromatic heterocycles. The summed E-state index contributed by atoms with van der Waals surface area (Å²) in [5, 5.41) is 0. The molecule has 1 unspecified atom stereocenters. The third kappa shape index (κ3) is 2.81. The maximum absolute atomic E-state index is 12.6. The van der Waals surface area contributed by atoms with E-state index in [1.807, 2.05) is 0 Å². The summed E-state index contributed by atoms with van der Waals surface area (Å²) in [6.45, 7) is 0.518. The summed E-state index contributed by atoms with van der Waals surface area (Å²) >= 11 is 0. The van der Waals surface area contributed by atoms with E-state index in [4.69, 9.17) is 10.5 Å². The largest absolute Gasteiger partial charge is 0.447 e. The van der Waals surface area contributed by atoms with Gasteiger partial charge >= 0.3 is 12.3 Å². The molecule has 0 saturated carbocycles. The lowest BCUT2D eigenvalue weighted by molar-refractivity contribution is -0.137. The highest BCUT2D eigenvalue weighted by atomic mass is 19.4. The minimum atomic E-state index is -4.40. The fraction of sp³-hybridized carbons (Fsp3) is 0.417. The number of ether oxygens (including phenoxy) is 1. The van der Waals surface area contributed by atoms with E-state index in [-0.39, 0.29) is 19.7 Å². The zero-order valence-electron chi connectivity index (χ0n) is 9.98. The van der Waals surface area contributed by atoms with Gasteiger partial charge in [0.1, 0.15) is 6.61 Å². The second-order valence-electron chi connectivity index (χ2n) is 4.20. The lowest BCUT2D eigenvalue weighted by Gasteiger charge is -2.21. The van der Waals surface area contributed by atoms with Crippen LogP contribution in [0.3, 0.4) is 0 Å². The molecule has 0 aliphatic carbocycles. The molecule has 1 aliphatic rings. The molecule has 2 rings (SSSR count). The number of rotatable bonds is 3. The van der Waals surface area contributed by atoms with Crippen molar-refractivity contribution in [3.8, 4) is 0 Å². The van der Waals surface area contributed by atoms with Gasteiger partial charge in [0.15, 0.2) is 0 Å². The molecule has 0 radical (unpaired) electrons. The molecule has 19 heavy (non-hydrogen) atoms. The number of carbonyl (C=O) groups excluding carboxylic acids is 1. The number of hydrogen-bond acceptors (Lipinski definition) is 3. The number of nitrogens with two attached hydrogens (primary N) is 1. The molecule has 7 heteroatoms. The van der Waals surface area contributed by atoms with Crippen molar-refractivity contribution in [3.05, 3.63) is 35.4 Å². The standard InChI is InChI=1S/C12H13F3N2O2/c13-12(14,15)9-3-1-2-8(6-9)10-7-19-11(18)17(10)5-4-16/h1-3,6,10H,4-5,7,16H2. The second-order valence-corrected chi connectivity index (χ2v) is 4.20. The predicted octanol–water partition coefficient (Wildman–Crippen LogP) is 2.16. The van der Waals surface area contributed by atoms with E-state index in [1.165, 1.54) is 11.0 Å². The summed E-state index contributed by atoms with van der Waals surface area (Å²) in [5.74, 6) is 0. The van der Waals surface area contributed by atoms with E-state index < -0.39 is 23.9 Å². The fourth-order valence-electron chi connectivity index (χ4n) is 2.03. The minimum Gasteiger partial charge on any atom is -0.447 e. The zero-order valence-corrected chi connectivity index (χ0v) is 9.98. The van der Waals surface area contributed by atoms with E-state index in [0.29, 0.717) is 5.56 Å². The van der Waals surface area contributed by atoms with Gasteiger partial charge in [0.05, 0.1) is 11.6 Å². The molecule has 2 N–H and O–H groups in total. The highest BCUT2D eigenvalue weighted by Crippen LogP contribution is 2.33. The van der Waals surface area contributed by atoms with Gasteiger partial charge in [-0.15, -0.1) is 0 Å². The summed E-state index contributed by atoms with van der Waals surface area (Å²) in [7, 11) is 0. The maximum atomic E-state index is 12.6. The molecule has 1 aromatic rings. The van der Waals surface area contributed by atoms with E-state index in [1.54, 1.807) is 6.07 Å². The van der Waals surface area contributed by atoms with Crippen molar-refractivity contribution in [3.63, 3.8) is 0 Å². The number of hydrogen-bond donors (Lipinski definition) is 1. The number of amides is 1. The first kappa shape index (κ1) is 13.7. The second kappa shape index (κ2) is 5.08. The van der Waals surface area contributed by atoms with E-state index in [9.17, 15) is 18.0 Å². The average molecular weight is 274 g/mol. The van der Waals surface area contributed by atoms with Crippen LogP contribution in [0.25, 0.3) is 0 Å². The number of alkyl halides is 3. The Morgan fingerprint density at radius 3 is 2.79 bits per heavy atom. The van der Waals surface area contributed by atoms with Gasteiger partial charge in [-0.3, -0.25) is 4.90 Å². The van der Waals surface area contributed by atoms with Crippen LogP contribution in [0.1, 0.15) is 17.2 Å². The first-order chi connectivity index (χ1) is 8.93. The van der Waals surface area contributed by atoms with E-state index in [2.05, 4.69) is 0 Å². The smallest absolute Gasteiger partial charge is 0.416 e. The summed E-state index contributed by atoms with van der Waals surface area (Å²) < 4.78 is 42.8. The van der Waals surface area contributed by atoms with Crippen LogP contribution in [0.15, 0.2) is 24.3 Å². The lowest BCUT2D eigenvalue weighted by atomic mass is 10.0. The third-order valence-electron chi connectivity index (χ3n) is 2.94. The molecule has 1 saturated heterocycles. The van der Waals surface area contributed by atoms with Crippen molar-refractivity contribution in [1.29, 1.82) is 0 Å². The van der Waals surface area contributed by atoms with Gasteiger partial charge in [-0.25, -0.2) is 4.79 Å². The Bertz CT molecular complexity index is 476. The van der Waals surface area contributed by atoms with Crippen LogP contribution in [0.4, 0.5) is 18.0 Å². The van der Waals surface area contributed by atoms with Crippen molar-refractivity contribution < 1.29 is 22.7 Å². The first-order valence-corrected chi connectivity index (χ1v) is 5.74. The molecule has 1 amide bonds. The number of cyclic esters (lactones) is 1. The number of halogens is 3. The zero-order chi connectivity index (χ0) is 14.0. The Kier molecular flexibility index (Phi) is 3.66. The average Bonchev–Trinajstić information content (AvgIpc) is 2.71. The van der Waals surface area contributed by atoms with Gasteiger partial charge in [0.2, 0.25) is 0 Å². The van der Waals surface area contributed by atoms with Gasteiger partial charge in [-0.2, -0.15) is 13.2 Å². The summed E-state index contributed by atoms with van der Waals surface area (Å²) in [5.41, 5.74) is 5.04. The van der Waals surface area contributed by atoms with Crippen LogP contribution >= 0.6 is 0 Å². The Labute approximate surface area is 107 Å². The van der Waals surface area contributed by atoms with Crippen LogP contribution in [-0.4, -0.2) is 30.7 Å². The van der Waals surface area contributed by atoms with Gasteiger partial charge < -0.3 is 10.5 Å². The van der Waals surface area contributed by atoms with Crippen LogP contribution in [-0.2, 0) is 10.9 Å². The van der Waals surface area contributed by atoms with Gasteiger partial charge in [0.25, 0.3) is 0 Å². The number of carbonyl (C=O) groups is 1. The molecular weight excluding hydrogens is 261 g/mol. The predicted molar refractivity (Wildman–Crippen MR) is 61.3 cm³/mol. The van der Waals surface area contributed by atoms with Crippen molar-refractivity contribution in [2.45, 2.75) is 12.2 Å². The van der Waals surface area contributed by atoms with Crippen molar-refractivity contribution in [2.75, 3.05) is 19.7 Å². The highest BCUT2D eigenvalue weighted by Gasteiger charge is 2.36. The SMILES string of the molecule is NCCN1C(=O)OCC1c1cccc(C(F)(F)F)c1. The molecule has 4 nitrogen and oxygen atoms in total. The molecule has 104 valence electrons. The Morgan fingerprint density at radius 2 is 2.16 bits per heavy atom. The van der Waals surface area contributed by atoms with E-state index >= 15 is 0 Å². The van der Waals surface area contributed by atoms with Crippen LogP contribution < -0.4 is 5.73 Å². The number of benzene rings is 1.